The van der Waals surface area contributed by atoms with Crippen molar-refractivity contribution in [2.24, 2.45) is 5.41 Å². The van der Waals surface area contributed by atoms with Crippen molar-refractivity contribution in [2.45, 2.75) is 32.7 Å². The van der Waals surface area contributed by atoms with Crippen LogP contribution in [0.15, 0.2) is 42.5 Å². The monoisotopic (exact) mass is 355 g/mol. The number of benzene rings is 2. The predicted molar refractivity (Wildman–Crippen MR) is 100 cm³/mol. The molecule has 2 aromatic rings. The van der Waals surface area contributed by atoms with Crippen molar-refractivity contribution in [1.82, 2.24) is 5.32 Å². The lowest BCUT2D eigenvalue weighted by Crippen LogP contribution is -2.40. The normalized spacial score (nSPS) is 18.0. The van der Waals surface area contributed by atoms with Gasteiger partial charge in [0, 0.05) is 7.11 Å². The van der Waals surface area contributed by atoms with Crippen LogP contribution >= 0.6 is 0 Å². The van der Waals surface area contributed by atoms with Crippen molar-refractivity contribution in [3.05, 3.63) is 53.6 Å². The Morgan fingerprint density at radius 1 is 1.19 bits per heavy atom. The van der Waals surface area contributed by atoms with Gasteiger partial charge in [-0.25, -0.2) is 4.79 Å². The summed E-state index contributed by atoms with van der Waals surface area (Å²) in [4.78, 5) is 11.2. The number of nitrogens with one attached hydrogen (secondary N) is 1. The van der Waals surface area contributed by atoms with E-state index in [-0.39, 0.29) is 18.2 Å². The average Bonchev–Trinajstić information content (AvgIpc) is 2.62. The van der Waals surface area contributed by atoms with Crippen LogP contribution in [-0.4, -0.2) is 25.1 Å². The van der Waals surface area contributed by atoms with Gasteiger partial charge in [-0.3, -0.25) is 0 Å². The maximum absolute atomic E-state index is 11.2. The minimum Gasteiger partial charge on any atom is -0.468 e. The molecule has 1 aliphatic rings. The van der Waals surface area contributed by atoms with E-state index in [2.05, 4.69) is 37.4 Å². The largest absolute Gasteiger partial charge is 0.468 e. The van der Waals surface area contributed by atoms with E-state index in [1.807, 2.05) is 24.3 Å². The van der Waals surface area contributed by atoms with E-state index in [1.165, 1.54) is 5.56 Å². The molecule has 0 fully saturated rings. The van der Waals surface area contributed by atoms with Crippen molar-refractivity contribution < 1.29 is 19.4 Å². The molecule has 26 heavy (non-hydrogen) atoms. The molecule has 0 heterocycles. The number of carboxylic acid groups (broad SMARTS) is 1. The highest BCUT2D eigenvalue weighted by Crippen LogP contribution is 2.44. The summed E-state index contributed by atoms with van der Waals surface area (Å²) in [6.45, 7) is 4.46. The van der Waals surface area contributed by atoms with Gasteiger partial charge < -0.3 is 19.9 Å². The SMILES string of the molecule is COCOc1ccc(-c2ccc3c(c2)CCC(C)(C)[C@@H]3NC(=O)O)cc1. The molecule has 5 heteroatoms. The highest BCUT2D eigenvalue weighted by atomic mass is 16.7. The van der Waals surface area contributed by atoms with Gasteiger partial charge in [0.05, 0.1) is 6.04 Å². The number of carbonyl (C=O) groups is 1. The van der Waals surface area contributed by atoms with E-state index < -0.39 is 6.09 Å². The number of ether oxygens (including phenoxy) is 2. The maximum Gasteiger partial charge on any atom is 0.405 e. The molecule has 2 aromatic carbocycles. The second-order valence-electron chi connectivity index (χ2n) is 7.36. The van der Waals surface area contributed by atoms with Crippen LogP contribution in [0.4, 0.5) is 4.79 Å². The fourth-order valence-corrected chi connectivity index (χ4v) is 3.57. The number of hydrogen-bond acceptors (Lipinski definition) is 3. The summed E-state index contributed by atoms with van der Waals surface area (Å²) in [5.74, 6) is 0.765. The number of methoxy groups -OCH3 is 1. The molecule has 0 unspecified atom stereocenters. The Hall–Kier alpha value is -2.53. The minimum atomic E-state index is -0.980. The molecule has 0 saturated heterocycles. The van der Waals surface area contributed by atoms with Crippen molar-refractivity contribution in [3.8, 4) is 16.9 Å². The first-order valence-electron chi connectivity index (χ1n) is 8.75. The zero-order valence-electron chi connectivity index (χ0n) is 15.4. The minimum absolute atomic E-state index is 0.104. The quantitative estimate of drug-likeness (QED) is 0.768. The van der Waals surface area contributed by atoms with Crippen molar-refractivity contribution in [2.75, 3.05) is 13.9 Å². The Labute approximate surface area is 153 Å². The molecular weight excluding hydrogens is 330 g/mol. The van der Waals surface area contributed by atoms with Gasteiger partial charge in [0.25, 0.3) is 0 Å². The molecule has 2 N–H and O–H groups in total. The Balaban J connectivity index is 1.88. The van der Waals surface area contributed by atoms with Gasteiger partial charge in [0.1, 0.15) is 5.75 Å². The van der Waals surface area contributed by atoms with Crippen LogP contribution < -0.4 is 10.1 Å². The van der Waals surface area contributed by atoms with Crippen molar-refractivity contribution in [1.29, 1.82) is 0 Å². The van der Waals surface area contributed by atoms with E-state index in [9.17, 15) is 9.90 Å². The van der Waals surface area contributed by atoms with Crippen LogP contribution in [0.5, 0.6) is 5.75 Å². The Morgan fingerprint density at radius 3 is 2.54 bits per heavy atom. The van der Waals surface area contributed by atoms with E-state index in [4.69, 9.17) is 9.47 Å². The Morgan fingerprint density at radius 2 is 1.88 bits per heavy atom. The highest BCUT2D eigenvalue weighted by molar-refractivity contribution is 5.68. The molecule has 0 aliphatic heterocycles. The van der Waals surface area contributed by atoms with E-state index in [0.29, 0.717) is 0 Å². The molecule has 138 valence electrons. The smallest absolute Gasteiger partial charge is 0.405 e. The first-order chi connectivity index (χ1) is 12.4. The molecule has 1 atom stereocenters. The topological polar surface area (TPSA) is 67.8 Å². The molecule has 0 aromatic heterocycles. The van der Waals surface area contributed by atoms with Crippen LogP contribution in [0.2, 0.25) is 0 Å². The first kappa shape index (κ1) is 18.3. The summed E-state index contributed by atoms with van der Waals surface area (Å²) in [7, 11) is 1.59. The van der Waals surface area contributed by atoms with Crippen LogP contribution in [0, 0.1) is 5.41 Å². The second-order valence-corrected chi connectivity index (χ2v) is 7.36. The van der Waals surface area contributed by atoms with E-state index in [0.717, 1.165) is 35.3 Å². The summed E-state index contributed by atoms with van der Waals surface area (Å²) in [5, 5.41) is 11.9. The maximum atomic E-state index is 11.2. The number of amides is 1. The zero-order chi connectivity index (χ0) is 18.7. The van der Waals surface area contributed by atoms with Gasteiger partial charge >= 0.3 is 6.09 Å². The van der Waals surface area contributed by atoms with Crippen LogP contribution in [0.25, 0.3) is 11.1 Å². The fourth-order valence-electron chi connectivity index (χ4n) is 3.57. The summed E-state index contributed by atoms with van der Waals surface area (Å²) >= 11 is 0. The summed E-state index contributed by atoms with van der Waals surface area (Å²) in [6, 6.07) is 14.0. The number of fused-ring (bicyclic) bond motifs is 1. The van der Waals surface area contributed by atoms with Gasteiger partial charge in [-0.15, -0.1) is 0 Å². The van der Waals surface area contributed by atoms with Crippen molar-refractivity contribution in [3.63, 3.8) is 0 Å². The van der Waals surface area contributed by atoms with Gasteiger partial charge in [-0.05, 0) is 52.6 Å². The fraction of sp³-hybridized carbons (Fsp3) is 0.381. The van der Waals surface area contributed by atoms with Gasteiger partial charge in [-0.1, -0.05) is 44.2 Å². The van der Waals surface area contributed by atoms with Crippen LogP contribution in [-0.2, 0) is 11.2 Å². The van der Waals surface area contributed by atoms with Gasteiger partial charge in [0.15, 0.2) is 6.79 Å². The van der Waals surface area contributed by atoms with Crippen molar-refractivity contribution >= 4 is 6.09 Å². The standard InChI is InChI=1S/C21H25NO4/c1-21(2)11-10-16-12-15(6-9-18(16)19(21)22-20(23)24)14-4-7-17(8-5-14)26-13-25-3/h4-9,12,19,22H,10-11,13H2,1-3H3,(H,23,24)/t19-/m1/s1. The van der Waals surface area contributed by atoms with E-state index >= 15 is 0 Å². The van der Waals surface area contributed by atoms with E-state index in [1.54, 1.807) is 7.11 Å². The molecule has 5 nitrogen and oxygen atoms in total. The summed E-state index contributed by atoms with van der Waals surface area (Å²) in [5.41, 5.74) is 4.40. The number of hydrogen-bond donors (Lipinski definition) is 2. The summed E-state index contributed by atoms with van der Waals surface area (Å²) in [6.07, 6.45) is 0.910. The third-order valence-corrected chi connectivity index (χ3v) is 5.07. The summed E-state index contributed by atoms with van der Waals surface area (Å²) < 4.78 is 10.3. The average molecular weight is 355 g/mol. The van der Waals surface area contributed by atoms with Crippen LogP contribution in [0.3, 0.4) is 0 Å². The highest BCUT2D eigenvalue weighted by Gasteiger charge is 2.36. The zero-order valence-corrected chi connectivity index (χ0v) is 15.4. The Bertz CT molecular complexity index is 783. The number of aryl methyl sites for hydroxylation is 1. The lowest BCUT2D eigenvalue weighted by molar-refractivity contribution is 0.0511. The predicted octanol–water partition coefficient (Wildman–Crippen LogP) is 4.62. The lowest BCUT2D eigenvalue weighted by atomic mass is 9.70. The molecular formula is C21H25NO4. The molecule has 0 bridgehead atoms. The second kappa shape index (κ2) is 7.38. The molecule has 0 spiro atoms. The lowest BCUT2D eigenvalue weighted by Gasteiger charge is -2.40. The van der Waals surface area contributed by atoms with Gasteiger partial charge in [-0.2, -0.15) is 0 Å². The third-order valence-electron chi connectivity index (χ3n) is 5.07. The molecule has 1 amide bonds. The Kier molecular flexibility index (Phi) is 5.18. The molecule has 0 radical (unpaired) electrons. The molecule has 0 saturated carbocycles. The molecule has 3 rings (SSSR count). The third kappa shape index (κ3) is 3.83. The van der Waals surface area contributed by atoms with Crippen LogP contribution in [0.1, 0.15) is 37.4 Å². The number of rotatable bonds is 5. The molecule has 1 aliphatic carbocycles. The first-order valence-corrected chi connectivity index (χ1v) is 8.75. The van der Waals surface area contributed by atoms with Gasteiger partial charge in [0.2, 0.25) is 0 Å².